The van der Waals surface area contributed by atoms with Gasteiger partial charge in [0.1, 0.15) is 0 Å². The highest BCUT2D eigenvalue weighted by Gasteiger charge is 2.39. The third kappa shape index (κ3) is 2.41. The van der Waals surface area contributed by atoms with Gasteiger partial charge in [0, 0.05) is 10.5 Å². The van der Waals surface area contributed by atoms with E-state index >= 15 is 0 Å². The first-order valence-electron chi connectivity index (χ1n) is 5.68. The fraction of sp³-hybridized carbons (Fsp3) is 0.500. The van der Waals surface area contributed by atoms with E-state index in [4.69, 9.17) is 5.73 Å². The van der Waals surface area contributed by atoms with Gasteiger partial charge in [0.2, 0.25) is 0 Å². The molecule has 17 heavy (non-hydrogen) atoms. The van der Waals surface area contributed by atoms with Gasteiger partial charge in [-0.05, 0) is 43.0 Å². The van der Waals surface area contributed by atoms with E-state index in [0.29, 0.717) is 11.3 Å². The molecule has 1 saturated carbocycles. The van der Waals surface area contributed by atoms with Gasteiger partial charge in [0.25, 0.3) is 0 Å². The molecule has 5 heteroatoms. The van der Waals surface area contributed by atoms with Crippen molar-refractivity contribution in [3.05, 3.63) is 28.7 Å². The molecule has 0 bridgehead atoms. The van der Waals surface area contributed by atoms with Crippen molar-refractivity contribution in [3.8, 4) is 0 Å². The Hall–Kier alpha value is -0.390. The van der Waals surface area contributed by atoms with E-state index in [9.17, 15) is 8.42 Å². The van der Waals surface area contributed by atoms with Gasteiger partial charge in [0.05, 0.1) is 10.1 Å². The number of benzene rings is 1. The van der Waals surface area contributed by atoms with Crippen LogP contribution < -0.4 is 5.73 Å². The lowest BCUT2D eigenvalue weighted by Crippen LogP contribution is -2.32. The van der Waals surface area contributed by atoms with Crippen molar-refractivity contribution in [2.45, 2.75) is 36.0 Å². The molecule has 0 heterocycles. The standard InChI is InChI=1S/C12H16BrNO2S/c1-8-11(14)6-7-12(8)17(15,16)10-4-2-9(13)3-5-10/h2-5,8,11-12H,6-7,14H2,1H3. The molecule has 3 nitrogen and oxygen atoms in total. The van der Waals surface area contributed by atoms with Gasteiger partial charge in [-0.3, -0.25) is 0 Å². The molecular formula is C12H16BrNO2S. The van der Waals surface area contributed by atoms with Crippen molar-refractivity contribution >= 4 is 25.8 Å². The Morgan fingerprint density at radius 3 is 2.29 bits per heavy atom. The zero-order chi connectivity index (χ0) is 12.6. The number of rotatable bonds is 2. The lowest BCUT2D eigenvalue weighted by Gasteiger charge is -2.18. The fourth-order valence-electron chi connectivity index (χ4n) is 2.40. The number of nitrogens with two attached hydrogens (primary N) is 1. The largest absolute Gasteiger partial charge is 0.327 e. The van der Waals surface area contributed by atoms with Crippen LogP contribution in [0.4, 0.5) is 0 Å². The van der Waals surface area contributed by atoms with E-state index in [-0.39, 0.29) is 17.2 Å². The second-order valence-electron chi connectivity index (χ2n) is 4.64. The smallest absolute Gasteiger partial charge is 0.181 e. The van der Waals surface area contributed by atoms with Crippen LogP contribution in [0.2, 0.25) is 0 Å². The minimum atomic E-state index is -3.24. The summed E-state index contributed by atoms with van der Waals surface area (Å²) in [5.41, 5.74) is 5.90. The van der Waals surface area contributed by atoms with Crippen LogP contribution in [0.1, 0.15) is 19.8 Å². The Morgan fingerprint density at radius 1 is 1.24 bits per heavy atom. The maximum atomic E-state index is 12.4. The third-order valence-electron chi connectivity index (χ3n) is 3.59. The molecule has 1 aliphatic rings. The minimum absolute atomic E-state index is 0.00484. The predicted molar refractivity (Wildman–Crippen MR) is 71.5 cm³/mol. The molecule has 1 aromatic carbocycles. The Morgan fingerprint density at radius 2 is 1.82 bits per heavy atom. The highest BCUT2D eigenvalue weighted by molar-refractivity contribution is 9.10. The molecule has 0 aliphatic heterocycles. The summed E-state index contributed by atoms with van der Waals surface area (Å²) in [5, 5.41) is -0.335. The van der Waals surface area contributed by atoms with Crippen LogP contribution in [0, 0.1) is 5.92 Å². The highest BCUT2D eigenvalue weighted by atomic mass is 79.9. The summed E-state index contributed by atoms with van der Waals surface area (Å²) in [5.74, 6) is 0.0312. The van der Waals surface area contributed by atoms with Gasteiger partial charge in [-0.1, -0.05) is 22.9 Å². The molecule has 0 saturated heterocycles. The first kappa shape index (κ1) is 13.1. The molecule has 3 unspecified atom stereocenters. The first-order valence-corrected chi connectivity index (χ1v) is 8.02. The van der Waals surface area contributed by atoms with Crippen LogP contribution in [-0.2, 0) is 9.84 Å². The maximum Gasteiger partial charge on any atom is 0.181 e. The summed E-state index contributed by atoms with van der Waals surface area (Å²) in [4.78, 5) is 0.395. The van der Waals surface area contributed by atoms with Crippen molar-refractivity contribution in [2.75, 3.05) is 0 Å². The Bertz CT molecular complexity index is 498. The zero-order valence-corrected chi connectivity index (χ0v) is 12.0. The van der Waals surface area contributed by atoms with E-state index in [1.165, 1.54) is 0 Å². The number of halogens is 1. The summed E-state index contributed by atoms with van der Waals surface area (Å²) in [6, 6.07) is 6.82. The molecule has 94 valence electrons. The highest BCUT2D eigenvalue weighted by Crippen LogP contribution is 2.33. The Kier molecular flexibility index (Phi) is 3.61. The van der Waals surface area contributed by atoms with E-state index < -0.39 is 9.84 Å². The van der Waals surface area contributed by atoms with Gasteiger partial charge in [-0.15, -0.1) is 0 Å². The van der Waals surface area contributed by atoms with Gasteiger partial charge in [0.15, 0.2) is 9.84 Å². The number of hydrogen-bond donors (Lipinski definition) is 1. The average Bonchev–Trinajstić information content (AvgIpc) is 2.61. The van der Waals surface area contributed by atoms with Crippen LogP contribution in [0.5, 0.6) is 0 Å². The second-order valence-corrected chi connectivity index (χ2v) is 7.72. The summed E-state index contributed by atoms with van der Waals surface area (Å²) in [7, 11) is -3.24. The summed E-state index contributed by atoms with van der Waals surface area (Å²) in [6.45, 7) is 1.93. The van der Waals surface area contributed by atoms with Gasteiger partial charge in [-0.2, -0.15) is 0 Å². The predicted octanol–water partition coefficient (Wildman–Crippen LogP) is 2.35. The fourth-order valence-corrected chi connectivity index (χ4v) is 4.74. The zero-order valence-electron chi connectivity index (χ0n) is 9.64. The molecule has 0 amide bonds. The molecule has 0 radical (unpaired) electrons. The van der Waals surface area contributed by atoms with E-state index in [0.717, 1.165) is 10.9 Å². The van der Waals surface area contributed by atoms with E-state index in [2.05, 4.69) is 15.9 Å². The lowest BCUT2D eigenvalue weighted by molar-refractivity contribution is 0.507. The minimum Gasteiger partial charge on any atom is -0.327 e. The van der Waals surface area contributed by atoms with Crippen LogP contribution in [0.15, 0.2) is 33.6 Å². The quantitative estimate of drug-likeness (QED) is 0.910. The number of sulfone groups is 1. The van der Waals surface area contributed by atoms with Crippen LogP contribution in [0.25, 0.3) is 0 Å². The van der Waals surface area contributed by atoms with Gasteiger partial charge in [-0.25, -0.2) is 8.42 Å². The Balaban J connectivity index is 2.34. The SMILES string of the molecule is CC1C(N)CCC1S(=O)(=O)c1ccc(Br)cc1. The molecule has 1 aromatic rings. The van der Waals surface area contributed by atoms with Crippen molar-refractivity contribution in [1.82, 2.24) is 0 Å². The molecule has 2 rings (SSSR count). The third-order valence-corrected chi connectivity index (χ3v) is 6.51. The summed E-state index contributed by atoms with van der Waals surface area (Å²) < 4.78 is 25.7. The summed E-state index contributed by atoms with van der Waals surface area (Å²) >= 11 is 3.30. The molecular weight excluding hydrogens is 302 g/mol. The van der Waals surface area contributed by atoms with Crippen LogP contribution >= 0.6 is 15.9 Å². The van der Waals surface area contributed by atoms with Gasteiger partial charge >= 0.3 is 0 Å². The Labute approximate surface area is 110 Å². The van der Waals surface area contributed by atoms with Crippen molar-refractivity contribution in [2.24, 2.45) is 11.7 Å². The van der Waals surface area contributed by atoms with Crippen molar-refractivity contribution < 1.29 is 8.42 Å². The summed E-state index contributed by atoms with van der Waals surface area (Å²) in [6.07, 6.45) is 1.46. The molecule has 2 N–H and O–H groups in total. The topological polar surface area (TPSA) is 60.2 Å². The van der Waals surface area contributed by atoms with Gasteiger partial charge < -0.3 is 5.73 Å². The van der Waals surface area contributed by atoms with Crippen molar-refractivity contribution in [1.29, 1.82) is 0 Å². The molecule has 3 atom stereocenters. The molecule has 1 aliphatic carbocycles. The molecule has 0 aromatic heterocycles. The van der Waals surface area contributed by atoms with Crippen LogP contribution in [0.3, 0.4) is 0 Å². The maximum absolute atomic E-state index is 12.4. The normalized spacial score (nSPS) is 29.5. The average molecular weight is 318 g/mol. The second kappa shape index (κ2) is 4.71. The van der Waals surface area contributed by atoms with E-state index in [1.54, 1.807) is 24.3 Å². The first-order chi connectivity index (χ1) is 7.93. The number of hydrogen-bond acceptors (Lipinski definition) is 3. The monoisotopic (exact) mass is 317 g/mol. The molecule has 1 fully saturated rings. The van der Waals surface area contributed by atoms with Crippen molar-refractivity contribution in [3.63, 3.8) is 0 Å². The molecule has 0 spiro atoms. The van der Waals surface area contributed by atoms with Crippen LogP contribution in [-0.4, -0.2) is 19.7 Å². The lowest BCUT2D eigenvalue weighted by atomic mass is 10.1. The van der Waals surface area contributed by atoms with E-state index in [1.807, 2.05) is 6.92 Å².